The van der Waals surface area contributed by atoms with Crippen molar-refractivity contribution in [3.05, 3.63) is 10.4 Å². The van der Waals surface area contributed by atoms with E-state index < -0.39 is 18.1 Å². The third-order valence-electron chi connectivity index (χ3n) is 0.924. The minimum Gasteiger partial charge on any atom is -0.392 e. The van der Waals surface area contributed by atoms with Crippen LogP contribution >= 0.6 is 0 Å². The number of aliphatic hydroxyl groups is 1. The van der Waals surface area contributed by atoms with Crippen LogP contribution in [0.4, 0.5) is 0 Å². The van der Waals surface area contributed by atoms with Crippen molar-refractivity contribution in [2.45, 2.75) is 19.1 Å². The summed E-state index contributed by atoms with van der Waals surface area (Å²) < 4.78 is 0. The molecule has 0 rings (SSSR count). The average molecular weight is 144 g/mol. The summed E-state index contributed by atoms with van der Waals surface area (Å²) in [6.45, 7) is 1.32. The Balaban J connectivity index is 4.26. The molecule has 1 amide bonds. The zero-order valence-electron chi connectivity index (χ0n) is 5.43. The van der Waals surface area contributed by atoms with E-state index in [-0.39, 0.29) is 0 Å². The first-order chi connectivity index (χ1) is 4.59. The van der Waals surface area contributed by atoms with Gasteiger partial charge in [0.1, 0.15) is 6.04 Å². The lowest BCUT2D eigenvalue weighted by Gasteiger charge is -2.07. The van der Waals surface area contributed by atoms with E-state index in [4.69, 9.17) is 16.4 Å². The summed E-state index contributed by atoms with van der Waals surface area (Å²) in [5, 5.41) is 11.7. The lowest BCUT2D eigenvalue weighted by molar-refractivity contribution is -0.121. The van der Waals surface area contributed by atoms with Crippen LogP contribution in [0.1, 0.15) is 6.92 Å². The lowest BCUT2D eigenvalue weighted by atomic mass is 10.2. The van der Waals surface area contributed by atoms with Gasteiger partial charge in [0.25, 0.3) is 0 Å². The normalized spacial score (nSPS) is 15.0. The van der Waals surface area contributed by atoms with E-state index in [1.54, 1.807) is 0 Å². The second-order valence-electron chi connectivity index (χ2n) is 1.79. The zero-order chi connectivity index (χ0) is 8.15. The van der Waals surface area contributed by atoms with E-state index in [0.29, 0.717) is 0 Å². The van der Waals surface area contributed by atoms with Crippen molar-refractivity contribution < 1.29 is 9.90 Å². The van der Waals surface area contributed by atoms with Gasteiger partial charge in [-0.25, -0.2) is 0 Å². The van der Waals surface area contributed by atoms with Crippen LogP contribution in [0.2, 0.25) is 0 Å². The first kappa shape index (κ1) is 8.74. The third-order valence-corrected chi connectivity index (χ3v) is 0.924. The Morgan fingerprint density at radius 2 is 2.40 bits per heavy atom. The zero-order valence-corrected chi connectivity index (χ0v) is 5.43. The molecule has 0 saturated carbocycles. The quantitative estimate of drug-likeness (QED) is 0.317. The molecule has 0 aromatic carbocycles. The van der Waals surface area contributed by atoms with Gasteiger partial charge in [-0.2, -0.15) is 0 Å². The van der Waals surface area contributed by atoms with Gasteiger partial charge < -0.3 is 10.8 Å². The van der Waals surface area contributed by atoms with Crippen LogP contribution in [-0.2, 0) is 4.79 Å². The lowest BCUT2D eigenvalue weighted by Crippen LogP contribution is -2.35. The molecule has 0 unspecified atom stereocenters. The molecular formula is C4H8N4O2. The molecule has 6 heteroatoms. The average Bonchev–Trinajstić information content (AvgIpc) is 1.81. The number of hydrogen-bond donors (Lipinski definition) is 2. The number of nitrogens with two attached hydrogens (primary N) is 1. The molecule has 0 aliphatic heterocycles. The van der Waals surface area contributed by atoms with E-state index in [1.165, 1.54) is 6.92 Å². The summed E-state index contributed by atoms with van der Waals surface area (Å²) in [5.74, 6) is -0.826. The van der Waals surface area contributed by atoms with Crippen LogP contribution in [0, 0.1) is 0 Å². The van der Waals surface area contributed by atoms with Gasteiger partial charge in [-0.1, -0.05) is 5.11 Å². The van der Waals surface area contributed by atoms with Crippen molar-refractivity contribution in [2.24, 2.45) is 10.8 Å². The highest BCUT2D eigenvalue weighted by atomic mass is 16.3. The number of rotatable bonds is 3. The Bertz CT molecular complexity index is 170. The molecule has 0 radical (unpaired) electrons. The molecule has 2 atom stereocenters. The van der Waals surface area contributed by atoms with Crippen molar-refractivity contribution in [3.8, 4) is 0 Å². The van der Waals surface area contributed by atoms with Crippen LogP contribution in [0.15, 0.2) is 5.11 Å². The summed E-state index contributed by atoms with van der Waals surface area (Å²) in [4.78, 5) is 12.7. The monoisotopic (exact) mass is 144 g/mol. The first-order valence-corrected chi connectivity index (χ1v) is 2.61. The number of carbonyl (C=O) groups excluding carboxylic acids is 1. The Morgan fingerprint density at radius 1 is 1.90 bits per heavy atom. The summed E-state index contributed by atoms with van der Waals surface area (Å²) >= 11 is 0. The summed E-state index contributed by atoms with van der Waals surface area (Å²) in [6, 6.07) is -1.16. The molecule has 3 N–H and O–H groups in total. The Morgan fingerprint density at radius 3 is 2.50 bits per heavy atom. The molecule has 0 bridgehead atoms. The molecule has 0 heterocycles. The van der Waals surface area contributed by atoms with Crippen LogP contribution in [0.3, 0.4) is 0 Å². The minimum atomic E-state index is -1.16. The molecular weight excluding hydrogens is 136 g/mol. The smallest absolute Gasteiger partial charge is 0.229 e. The standard InChI is InChI=1S/C4H8N4O2/c1-2(9)3(4(5)10)7-8-6/h2-3,9H,1H3,(H2,5,10)/t2-,3+/m1/s1. The second kappa shape index (κ2) is 3.71. The number of nitrogens with zero attached hydrogens (tertiary/aromatic N) is 3. The van der Waals surface area contributed by atoms with Crippen molar-refractivity contribution in [3.63, 3.8) is 0 Å². The number of primary amides is 1. The van der Waals surface area contributed by atoms with Crippen LogP contribution < -0.4 is 5.73 Å². The molecule has 0 aliphatic rings. The van der Waals surface area contributed by atoms with Gasteiger partial charge in [0.2, 0.25) is 5.91 Å². The molecule has 10 heavy (non-hydrogen) atoms. The first-order valence-electron chi connectivity index (χ1n) is 2.61. The van der Waals surface area contributed by atoms with Gasteiger partial charge in [0, 0.05) is 4.91 Å². The minimum absolute atomic E-state index is 0.826. The number of hydrogen-bond acceptors (Lipinski definition) is 3. The van der Waals surface area contributed by atoms with Crippen LogP contribution in [0.25, 0.3) is 10.4 Å². The summed E-state index contributed by atoms with van der Waals surface area (Å²) in [6.07, 6.45) is -1.03. The van der Waals surface area contributed by atoms with Gasteiger partial charge in [0.15, 0.2) is 0 Å². The molecule has 6 nitrogen and oxygen atoms in total. The van der Waals surface area contributed by atoms with Crippen molar-refractivity contribution in [1.29, 1.82) is 0 Å². The fourth-order valence-electron chi connectivity index (χ4n) is 0.447. The SMILES string of the molecule is C[C@@H](O)[C@H](N=[N+]=[N-])C(N)=O. The molecule has 0 aliphatic carbocycles. The maximum absolute atomic E-state index is 10.3. The highest BCUT2D eigenvalue weighted by molar-refractivity contribution is 5.80. The van der Waals surface area contributed by atoms with E-state index in [0.717, 1.165) is 0 Å². The summed E-state index contributed by atoms with van der Waals surface area (Å²) in [5.41, 5.74) is 12.6. The fraction of sp³-hybridized carbons (Fsp3) is 0.750. The topological polar surface area (TPSA) is 112 Å². The predicted octanol–water partition coefficient (Wildman–Crippen LogP) is -0.469. The number of amides is 1. The van der Waals surface area contributed by atoms with Gasteiger partial charge in [-0.3, -0.25) is 4.79 Å². The van der Waals surface area contributed by atoms with Gasteiger partial charge in [-0.15, -0.1) is 0 Å². The van der Waals surface area contributed by atoms with Gasteiger partial charge >= 0.3 is 0 Å². The second-order valence-corrected chi connectivity index (χ2v) is 1.79. The summed E-state index contributed by atoms with van der Waals surface area (Å²) in [7, 11) is 0. The molecule has 0 saturated heterocycles. The van der Waals surface area contributed by atoms with Crippen LogP contribution in [0.5, 0.6) is 0 Å². The van der Waals surface area contributed by atoms with Crippen molar-refractivity contribution >= 4 is 5.91 Å². The maximum atomic E-state index is 10.3. The van der Waals surface area contributed by atoms with E-state index in [9.17, 15) is 4.79 Å². The van der Waals surface area contributed by atoms with E-state index in [2.05, 4.69) is 10.0 Å². The van der Waals surface area contributed by atoms with Gasteiger partial charge in [0.05, 0.1) is 6.10 Å². The molecule has 0 aromatic rings. The Hall–Kier alpha value is -1.26. The van der Waals surface area contributed by atoms with E-state index >= 15 is 0 Å². The van der Waals surface area contributed by atoms with Crippen LogP contribution in [-0.4, -0.2) is 23.2 Å². The highest BCUT2D eigenvalue weighted by Crippen LogP contribution is 1.96. The largest absolute Gasteiger partial charge is 0.392 e. The van der Waals surface area contributed by atoms with Gasteiger partial charge in [-0.05, 0) is 12.5 Å². The Kier molecular flexibility index (Phi) is 3.24. The molecule has 0 spiro atoms. The molecule has 56 valence electrons. The molecule has 0 fully saturated rings. The third kappa shape index (κ3) is 2.34. The number of carbonyl (C=O) groups is 1. The molecule has 0 aromatic heterocycles. The predicted molar refractivity (Wildman–Crippen MR) is 33.8 cm³/mol. The maximum Gasteiger partial charge on any atom is 0.229 e. The Labute approximate surface area is 57.3 Å². The van der Waals surface area contributed by atoms with Crippen molar-refractivity contribution in [1.82, 2.24) is 0 Å². The highest BCUT2D eigenvalue weighted by Gasteiger charge is 2.18. The van der Waals surface area contributed by atoms with E-state index in [1.807, 2.05) is 0 Å². The number of azide groups is 1. The van der Waals surface area contributed by atoms with Crippen molar-refractivity contribution in [2.75, 3.05) is 0 Å². The fourth-order valence-corrected chi connectivity index (χ4v) is 0.447. The number of aliphatic hydroxyl groups excluding tert-OH is 1.